The summed E-state index contributed by atoms with van der Waals surface area (Å²) >= 11 is 0. The van der Waals surface area contributed by atoms with Crippen molar-refractivity contribution < 1.29 is 42.1 Å². The Morgan fingerprint density at radius 3 is 2.26 bits per heavy atom. The molecule has 0 aliphatic heterocycles. The molecule has 1 heterocycles. The molecule has 0 spiro atoms. The monoisotopic (exact) mass is 547 g/mol. The maximum absolute atomic E-state index is 12.6. The minimum atomic E-state index is -4.81. The smallest absolute Gasteiger partial charge is 0.490 e. The number of alkyl halides is 3. The Kier molecular flexibility index (Phi) is 8.32. The molecular weight excluding hydrogens is 519 g/mol. The van der Waals surface area contributed by atoms with Crippen molar-refractivity contribution >= 4 is 28.7 Å². The van der Waals surface area contributed by atoms with Gasteiger partial charge in [0, 0.05) is 29.6 Å². The van der Waals surface area contributed by atoms with Gasteiger partial charge >= 0.3 is 12.3 Å². The van der Waals surface area contributed by atoms with Crippen molar-refractivity contribution in [1.82, 2.24) is 15.6 Å². The number of aryl methyl sites for hydroxylation is 1. The van der Waals surface area contributed by atoms with Crippen molar-refractivity contribution in [3.05, 3.63) is 59.3 Å². The van der Waals surface area contributed by atoms with Crippen molar-refractivity contribution in [3.63, 3.8) is 0 Å². The number of aromatic amines is 1. The summed E-state index contributed by atoms with van der Waals surface area (Å²) in [4.78, 5) is 39.0. The molecule has 12 heteroatoms. The van der Waals surface area contributed by atoms with Gasteiger partial charge in [0.15, 0.2) is 0 Å². The molecule has 3 aromatic rings. The molecule has 1 aromatic heterocycles. The number of carbonyl (C=O) groups excluding carboxylic acids is 2. The van der Waals surface area contributed by atoms with Crippen LogP contribution in [0.25, 0.3) is 10.9 Å². The van der Waals surface area contributed by atoms with Crippen LogP contribution >= 0.6 is 0 Å². The number of nitrogens with one attached hydrogen (secondary N) is 3. The van der Waals surface area contributed by atoms with Gasteiger partial charge in [0.25, 0.3) is 11.8 Å². The molecule has 0 radical (unpaired) electrons. The number of hydrogen-bond donors (Lipinski definition) is 4. The minimum Gasteiger partial charge on any atom is -0.490 e. The van der Waals surface area contributed by atoms with Gasteiger partial charge in [0.05, 0.1) is 12.0 Å². The average molecular weight is 548 g/mol. The molecule has 4 N–H and O–H groups in total. The molecule has 2 amide bonds. The van der Waals surface area contributed by atoms with E-state index in [4.69, 9.17) is 9.84 Å². The zero-order chi connectivity index (χ0) is 28.2. The number of rotatable bonds is 9. The number of carboxylic acids is 1. The molecule has 1 fully saturated rings. The number of carbonyl (C=O) groups is 3. The highest BCUT2D eigenvalue weighted by atomic mass is 19.4. The molecular formula is C27H28F3N3O6. The minimum absolute atomic E-state index is 0.0594. The summed E-state index contributed by atoms with van der Waals surface area (Å²) in [7, 11) is 0. The molecule has 2 aromatic carbocycles. The SMILES string of the molecule is Cc1cc(OC2CCC(C(=O)O)CC2)ccc1C(=O)NCCNC(=O)c1cc2cc(OC(F)(F)F)ccc2[nH]1. The molecule has 0 saturated heterocycles. The first-order valence-electron chi connectivity index (χ1n) is 12.4. The second-order valence-electron chi connectivity index (χ2n) is 9.40. The zero-order valence-corrected chi connectivity index (χ0v) is 21.1. The second kappa shape index (κ2) is 11.7. The van der Waals surface area contributed by atoms with E-state index in [1.807, 2.05) is 0 Å². The summed E-state index contributed by atoms with van der Waals surface area (Å²) in [5.41, 5.74) is 1.79. The molecule has 9 nitrogen and oxygen atoms in total. The van der Waals surface area contributed by atoms with E-state index < -0.39 is 18.2 Å². The molecule has 4 rings (SSSR count). The number of aliphatic carboxylic acids is 1. The van der Waals surface area contributed by atoms with Gasteiger partial charge in [-0.25, -0.2) is 0 Å². The highest BCUT2D eigenvalue weighted by Crippen LogP contribution is 2.29. The third-order valence-corrected chi connectivity index (χ3v) is 6.54. The third kappa shape index (κ3) is 7.43. The van der Waals surface area contributed by atoms with Crippen LogP contribution in [0.3, 0.4) is 0 Å². The molecule has 39 heavy (non-hydrogen) atoms. The second-order valence-corrected chi connectivity index (χ2v) is 9.40. The van der Waals surface area contributed by atoms with Gasteiger partial charge < -0.3 is 30.2 Å². The standard InChI is InChI=1S/C27H28F3N3O6/c1-15-12-19(38-18-4-2-16(3-5-18)26(36)37)6-8-21(15)24(34)31-10-11-32-25(35)23-14-17-13-20(39-27(28,29)30)7-9-22(17)33-23/h6-9,12-14,16,18,33H,2-5,10-11H2,1H3,(H,31,34)(H,32,35)(H,36,37). The molecule has 0 bridgehead atoms. The summed E-state index contributed by atoms with van der Waals surface area (Å²) in [6.45, 7) is 2.06. The summed E-state index contributed by atoms with van der Waals surface area (Å²) in [5, 5.41) is 14.9. The van der Waals surface area contributed by atoms with Gasteiger partial charge in [-0.05, 0) is 80.6 Å². The molecule has 1 aliphatic carbocycles. The average Bonchev–Trinajstić information content (AvgIpc) is 3.29. The van der Waals surface area contributed by atoms with Gasteiger partial charge in [-0.3, -0.25) is 14.4 Å². The van der Waals surface area contributed by atoms with Gasteiger partial charge in [-0.1, -0.05) is 0 Å². The van der Waals surface area contributed by atoms with Crippen molar-refractivity contribution in [3.8, 4) is 11.5 Å². The summed E-state index contributed by atoms with van der Waals surface area (Å²) in [6.07, 6.45) is -2.39. The van der Waals surface area contributed by atoms with Gasteiger partial charge in [-0.2, -0.15) is 0 Å². The Morgan fingerprint density at radius 1 is 0.949 bits per heavy atom. The van der Waals surface area contributed by atoms with Gasteiger partial charge in [0.2, 0.25) is 0 Å². The van der Waals surface area contributed by atoms with E-state index >= 15 is 0 Å². The first-order chi connectivity index (χ1) is 18.5. The predicted molar refractivity (Wildman–Crippen MR) is 135 cm³/mol. The first kappa shape index (κ1) is 27.8. The third-order valence-electron chi connectivity index (χ3n) is 6.54. The van der Waals surface area contributed by atoms with Crippen LogP contribution < -0.4 is 20.1 Å². The van der Waals surface area contributed by atoms with E-state index in [0.717, 1.165) is 6.07 Å². The van der Waals surface area contributed by atoms with Crippen LogP contribution in [0.15, 0.2) is 42.5 Å². The van der Waals surface area contributed by atoms with Crippen LogP contribution in [0.1, 0.15) is 52.1 Å². The molecule has 1 saturated carbocycles. The quantitative estimate of drug-likeness (QED) is 0.291. The number of halogens is 3. The van der Waals surface area contributed by atoms with Gasteiger partial charge in [-0.15, -0.1) is 13.2 Å². The lowest BCUT2D eigenvalue weighted by Gasteiger charge is -2.27. The molecule has 208 valence electrons. The Balaban J connectivity index is 1.24. The fraction of sp³-hybridized carbons (Fsp3) is 0.370. The highest BCUT2D eigenvalue weighted by Gasteiger charge is 2.31. The van der Waals surface area contributed by atoms with Gasteiger partial charge in [0.1, 0.15) is 17.2 Å². The molecule has 1 aliphatic rings. The van der Waals surface area contributed by atoms with Crippen molar-refractivity contribution in [2.75, 3.05) is 13.1 Å². The van der Waals surface area contributed by atoms with Crippen LogP contribution in [-0.2, 0) is 4.79 Å². The van der Waals surface area contributed by atoms with Crippen molar-refractivity contribution in [1.29, 1.82) is 0 Å². The number of H-pyrrole nitrogens is 1. The topological polar surface area (TPSA) is 130 Å². The lowest BCUT2D eigenvalue weighted by atomic mass is 9.87. The van der Waals surface area contributed by atoms with E-state index in [0.29, 0.717) is 53.5 Å². The number of carboxylic acid groups (broad SMARTS) is 1. The van der Waals surface area contributed by atoms with Crippen LogP contribution in [0.5, 0.6) is 11.5 Å². The Morgan fingerprint density at radius 2 is 1.62 bits per heavy atom. The van der Waals surface area contributed by atoms with E-state index in [1.165, 1.54) is 18.2 Å². The number of benzene rings is 2. The number of aromatic nitrogens is 1. The Bertz CT molecular complexity index is 1360. The number of hydrogen-bond acceptors (Lipinski definition) is 5. The van der Waals surface area contributed by atoms with E-state index in [9.17, 15) is 27.6 Å². The van der Waals surface area contributed by atoms with Crippen molar-refractivity contribution in [2.24, 2.45) is 5.92 Å². The van der Waals surface area contributed by atoms with Crippen molar-refractivity contribution in [2.45, 2.75) is 45.1 Å². The summed E-state index contributed by atoms with van der Waals surface area (Å²) < 4.78 is 47.2. The number of amides is 2. The van der Waals surface area contributed by atoms with Crippen LogP contribution in [0.2, 0.25) is 0 Å². The normalized spacial score (nSPS) is 17.4. The zero-order valence-electron chi connectivity index (χ0n) is 21.1. The van der Waals surface area contributed by atoms with Crippen LogP contribution in [0, 0.1) is 12.8 Å². The predicted octanol–water partition coefficient (Wildman–Crippen LogP) is 4.56. The fourth-order valence-corrected chi connectivity index (χ4v) is 4.56. The Hall–Kier alpha value is -4.22. The largest absolute Gasteiger partial charge is 0.573 e. The van der Waals surface area contributed by atoms with E-state index in [2.05, 4.69) is 20.4 Å². The highest BCUT2D eigenvalue weighted by molar-refractivity contribution is 5.98. The summed E-state index contributed by atoms with van der Waals surface area (Å²) in [5.74, 6) is -1.66. The summed E-state index contributed by atoms with van der Waals surface area (Å²) in [6, 6.07) is 10.3. The van der Waals surface area contributed by atoms with E-state index in [-0.39, 0.29) is 42.5 Å². The van der Waals surface area contributed by atoms with E-state index in [1.54, 1.807) is 25.1 Å². The van der Waals surface area contributed by atoms with Crippen LogP contribution in [-0.4, -0.2) is 53.4 Å². The first-order valence-corrected chi connectivity index (χ1v) is 12.4. The fourth-order valence-electron chi connectivity index (χ4n) is 4.56. The number of fused-ring (bicyclic) bond motifs is 1. The number of ether oxygens (including phenoxy) is 2. The maximum atomic E-state index is 12.6. The maximum Gasteiger partial charge on any atom is 0.573 e. The van der Waals surface area contributed by atoms with Crippen LogP contribution in [0.4, 0.5) is 13.2 Å². The Labute approximate surface area is 221 Å². The molecule has 0 unspecified atom stereocenters. The lowest BCUT2D eigenvalue weighted by molar-refractivity contribution is -0.274. The molecule has 0 atom stereocenters. The lowest BCUT2D eigenvalue weighted by Crippen LogP contribution is -2.35.